The van der Waals surface area contributed by atoms with Crippen LogP contribution in [-0.2, 0) is 0 Å². The van der Waals surface area contributed by atoms with E-state index in [1.807, 2.05) is 19.1 Å². The molecule has 0 spiro atoms. The number of rotatable bonds is 6. The van der Waals surface area contributed by atoms with E-state index in [4.69, 9.17) is 0 Å². The fourth-order valence-electron chi connectivity index (χ4n) is 3.97. The Bertz CT molecular complexity index is 935. The summed E-state index contributed by atoms with van der Waals surface area (Å²) in [7, 11) is 0. The maximum atomic E-state index is 13.0. The molecule has 1 N–H and O–H groups in total. The fraction of sp³-hybridized carbons (Fsp3) is 0.417. The van der Waals surface area contributed by atoms with Gasteiger partial charge in [-0.05, 0) is 74.3 Å². The minimum absolute atomic E-state index is 0.274. The van der Waals surface area contributed by atoms with Crippen LogP contribution in [0.4, 0.5) is 10.6 Å². The van der Waals surface area contributed by atoms with E-state index in [0.29, 0.717) is 47.4 Å². The number of hydrogen-bond donors (Lipinski definition) is 1. The van der Waals surface area contributed by atoms with Crippen molar-refractivity contribution in [3.8, 4) is 6.07 Å². The minimum atomic E-state index is -0.274. The van der Waals surface area contributed by atoms with Gasteiger partial charge in [0.05, 0.1) is 11.6 Å². The highest BCUT2D eigenvalue weighted by atomic mass is 16.2. The number of nitrogens with zero attached hydrogens (tertiary/aromatic N) is 3. The number of fused-ring (bicyclic) bond motifs is 1. The van der Waals surface area contributed by atoms with Gasteiger partial charge in [-0.3, -0.25) is 9.69 Å². The SMILES string of the molecule is CC/C=C/C(C#N)=C\C=C(/C)NC(=O)N1CCC(C2CCC2)c2ccc(C=O)nc21. The topological polar surface area (TPSA) is 86.1 Å². The number of aromatic nitrogens is 1. The molecule has 1 aliphatic carbocycles. The summed E-state index contributed by atoms with van der Waals surface area (Å²) in [6.07, 6.45) is 13.2. The highest BCUT2D eigenvalue weighted by molar-refractivity contribution is 5.93. The normalized spacial score (nSPS) is 19.8. The summed E-state index contributed by atoms with van der Waals surface area (Å²) in [5.41, 5.74) is 2.54. The Hall–Kier alpha value is -3.20. The molecule has 0 aromatic carbocycles. The molecular weight excluding hydrogens is 376 g/mol. The molecule has 0 bridgehead atoms. The van der Waals surface area contributed by atoms with E-state index in [0.717, 1.165) is 18.4 Å². The molecule has 6 nitrogen and oxygen atoms in total. The number of nitriles is 1. The van der Waals surface area contributed by atoms with Crippen LogP contribution < -0.4 is 10.2 Å². The number of hydrogen-bond acceptors (Lipinski definition) is 4. The molecular formula is C24H28N4O2. The van der Waals surface area contributed by atoms with Crippen molar-refractivity contribution in [3.05, 3.63) is 59.0 Å². The molecule has 30 heavy (non-hydrogen) atoms. The molecule has 0 radical (unpaired) electrons. The molecule has 1 aromatic rings. The molecule has 0 saturated heterocycles. The van der Waals surface area contributed by atoms with E-state index in [2.05, 4.69) is 16.4 Å². The molecule has 1 aromatic heterocycles. The van der Waals surface area contributed by atoms with Gasteiger partial charge in [0.2, 0.25) is 0 Å². The second-order valence-electron chi connectivity index (χ2n) is 7.83. The van der Waals surface area contributed by atoms with Crippen molar-refractivity contribution in [2.45, 2.75) is 51.9 Å². The van der Waals surface area contributed by atoms with E-state index in [1.165, 1.54) is 19.3 Å². The largest absolute Gasteiger partial charge is 0.327 e. The van der Waals surface area contributed by atoms with Crippen molar-refractivity contribution in [2.24, 2.45) is 5.92 Å². The Kier molecular flexibility index (Phi) is 7.18. The molecule has 3 rings (SSSR count). The highest BCUT2D eigenvalue weighted by Crippen LogP contribution is 2.46. The van der Waals surface area contributed by atoms with Crippen LogP contribution in [0.1, 0.15) is 67.9 Å². The number of nitrogens with one attached hydrogen (secondary N) is 1. The lowest BCUT2D eigenvalue weighted by atomic mass is 9.70. The van der Waals surface area contributed by atoms with Crippen LogP contribution in [0.2, 0.25) is 0 Å². The van der Waals surface area contributed by atoms with E-state index < -0.39 is 0 Å². The van der Waals surface area contributed by atoms with Gasteiger partial charge in [-0.2, -0.15) is 5.26 Å². The van der Waals surface area contributed by atoms with Crippen LogP contribution in [0.5, 0.6) is 0 Å². The summed E-state index contributed by atoms with van der Waals surface area (Å²) in [6.45, 7) is 4.36. The van der Waals surface area contributed by atoms with Crippen molar-refractivity contribution < 1.29 is 9.59 Å². The van der Waals surface area contributed by atoms with Gasteiger partial charge in [-0.15, -0.1) is 0 Å². The zero-order chi connectivity index (χ0) is 21.5. The lowest BCUT2D eigenvalue weighted by Gasteiger charge is -2.40. The summed E-state index contributed by atoms with van der Waals surface area (Å²) in [4.78, 5) is 30.3. The highest BCUT2D eigenvalue weighted by Gasteiger charge is 2.36. The third-order valence-electron chi connectivity index (χ3n) is 5.81. The third kappa shape index (κ3) is 4.85. The van der Waals surface area contributed by atoms with Crippen molar-refractivity contribution in [1.29, 1.82) is 5.26 Å². The molecule has 1 fully saturated rings. The first-order chi connectivity index (χ1) is 14.6. The molecule has 1 atom stereocenters. The Morgan fingerprint density at radius 2 is 2.13 bits per heavy atom. The van der Waals surface area contributed by atoms with Crippen LogP contribution in [-0.4, -0.2) is 23.8 Å². The monoisotopic (exact) mass is 404 g/mol. The van der Waals surface area contributed by atoms with Crippen LogP contribution in [0, 0.1) is 17.2 Å². The number of anilines is 1. The van der Waals surface area contributed by atoms with Crippen molar-refractivity contribution in [3.63, 3.8) is 0 Å². The zero-order valence-corrected chi connectivity index (χ0v) is 17.6. The quantitative estimate of drug-likeness (QED) is 0.410. The smallest absolute Gasteiger partial charge is 0.312 e. The summed E-state index contributed by atoms with van der Waals surface area (Å²) in [5.74, 6) is 1.63. The van der Waals surface area contributed by atoms with Crippen LogP contribution in [0.15, 0.2) is 47.7 Å². The number of carbonyl (C=O) groups is 2. The molecule has 2 amide bonds. The van der Waals surface area contributed by atoms with Crippen LogP contribution >= 0.6 is 0 Å². The minimum Gasteiger partial charge on any atom is -0.312 e. The molecule has 6 heteroatoms. The van der Waals surface area contributed by atoms with Gasteiger partial charge in [0.25, 0.3) is 0 Å². The standard InChI is InChI=1S/C24H28N4O2/c1-3-4-6-18(15-25)10-9-17(2)26-24(30)28-14-13-21(19-7-5-8-19)22-12-11-20(16-29)27-23(22)28/h4,6,9-12,16,19,21H,3,5,7-8,13-14H2,1-2H3,(H,26,30)/b6-4+,17-9+,18-10+. The Morgan fingerprint density at radius 1 is 1.33 bits per heavy atom. The van der Waals surface area contributed by atoms with E-state index in [-0.39, 0.29) is 6.03 Å². The number of urea groups is 1. The first-order valence-electron chi connectivity index (χ1n) is 10.6. The summed E-state index contributed by atoms with van der Waals surface area (Å²) in [5, 5.41) is 12.1. The van der Waals surface area contributed by atoms with Crippen molar-refractivity contribution in [1.82, 2.24) is 10.3 Å². The van der Waals surface area contributed by atoms with Crippen molar-refractivity contribution in [2.75, 3.05) is 11.4 Å². The molecule has 2 aliphatic rings. The lowest BCUT2D eigenvalue weighted by molar-refractivity contribution is 0.111. The number of amides is 2. The predicted octanol–water partition coefficient (Wildman–Crippen LogP) is 5.02. The lowest BCUT2D eigenvalue weighted by Crippen LogP contribution is -2.44. The Morgan fingerprint density at radius 3 is 2.77 bits per heavy atom. The number of carbonyl (C=O) groups excluding carboxylic acids is 2. The maximum absolute atomic E-state index is 13.0. The van der Waals surface area contributed by atoms with Crippen LogP contribution in [0.3, 0.4) is 0 Å². The maximum Gasteiger partial charge on any atom is 0.327 e. The summed E-state index contributed by atoms with van der Waals surface area (Å²) < 4.78 is 0. The van der Waals surface area contributed by atoms with E-state index >= 15 is 0 Å². The van der Waals surface area contributed by atoms with Gasteiger partial charge in [0.1, 0.15) is 11.5 Å². The molecule has 1 unspecified atom stereocenters. The third-order valence-corrected chi connectivity index (χ3v) is 5.81. The molecule has 1 aliphatic heterocycles. The number of pyridine rings is 1. The van der Waals surface area contributed by atoms with Crippen LogP contribution in [0.25, 0.3) is 0 Å². The molecule has 2 heterocycles. The summed E-state index contributed by atoms with van der Waals surface area (Å²) in [6, 6.07) is 5.55. The average molecular weight is 405 g/mol. The second-order valence-corrected chi connectivity index (χ2v) is 7.83. The Balaban J connectivity index is 1.79. The second kappa shape index (κ2) is 10.0. The van der Waals surface area contributed by atoms with Gasteiger partial charge in [-0.1, -0.05) is 25.5 Å². The zero-order valence-electron chi connectivity index (χ0n) is 17.6. The van der Waals surface area contributed by atoms with Gasteiger partial charge in [0, 0.05) is 12.2 Å². The van der Waals surface area contributed by atoms with Gasteiger partial charge in [0.15, 0.2) is 6.29 Å². The van der Waals surface area contributed by atoms with Gasteiger partial charge >= 0.3 is 6.03 Å². The first-order valence-corrected chi connectivity index (χ1v) is 10.6. The Labute approximate surface area is 178 Å². The van der Waals surface area contributed by atoms with Gasteiger partial charge < -0.3 is 5.32 Å². The molecule has 156 valence electrons. The fourth-order valence-corrected chi connectivity index (χ4v) is 3.97. The van der Waals surface area contributed by atoms with E-state index in [9.17, 15) is 14.9 Å². The predicted molar refractivity (Wildman–Crippen MR) is 117 cm³/mol. The first kappa shape index (κ1) is 21.5. The molecule has 1 saturated carbocycles. The summed E-state index contributed by atoms with van der Waals surface area (Å²) >= 11 is 0. The number of aldehydes is 1. The van der Waals surface area contributed by atoms with Crippen molar-refractivity contribution >= 4 is 18.1 Å². The number of allylic oxidation sites excluding steroid dienone is 6. The van der Waals surface area contributed by atoms with Gasteiger partial charge in [-0.25, -0.2) is 9.78 Å². The van der Waals surface area contributed by atoms with E-state index in [1.54, 1.807) is 36.1 Å². The average Bonchev–Trinajstić information content (AvgIpc) is 2.72.